The molecule has 4 rings (SSSR count). The van der Waals surface area contributed by atoms with Crippen LogP contribution in [0.3, 0.4) is 0 Å². The maximum Gasteiger partial charge on any atom is 0.261 e. The first-order valence-electron chi connectivity index (χ1n) is 9.66. The highest BCUT2D eigenvalue weighted by Gasteiger charge is 2.24. The average molecular weight is 544 g/mol. The van der Waals surface area contributed by atoms with Gasteiger partial charge in [-0.25, -0.2) is 12.8 Å². The number of amidine groups is 1. The number of amides is 1. The van der Waals surface area contributed by atoms with Gasteiger partial charge < -0.3 is 5.32 Å². The molecule has 1 aliphatic heterocycles. The molecule has 1 unspecified atom stereocenters. The number of anilines is 1. The lowest BCUT2D eigenvalue weighted by Gasteiger charge is -2.13. The van der Waals surface area contributed by atoms with Crippen LogP contribution in [0.5, 0.6) is 0 Å². The molecule has 6 nitrogen and oxygen atoms in total. The molecule has 3 aromatic rings. The van der Waals surface area contributed by atoms with E-state index in [9.17, 15) is 17.6 Å². The van der Waals surface area contributed by atoms with Gasteiger partial charge in [0.05, 0.1) is 22.2 Å². The molecule has 166 valence electrons. The second kappa shape index (κ2) is 9.70. The van der Waals surface area contributed by atoms with Gasteiger partial charge in [-0.15, -0.1) is 0 Å². The fourth-order valence-electron chi connectivity index (χ4n) is 3.11. The van der Waals surface area contributed by atoms with Crippen LogP contribution in [0.4, 0.5) is 10.1 Å². The molecule has 0 saturated carbocycles. The Balaban J connectivity index is 1.54. The summed E-state index contributed by atoms with van der Waals surface area (Å²) in [5.41, 5.74) is 1.41. The van der Waals surface area contributed by atoms with Gasteiger partial charge in [0.2, 0.25) is 0 Å². The molecular weight excluding hydrogens is 528 g/mol. The van der Waals surface area contributed by atoms with E-state index in [2.05, 4.69) is 31.0 Å². The summed E-state index contributed by atoms with van der Waals surface area (Å²) in [5, 5.41) is 3.08. The van der Waals surface area contributed by atoms with Crippen LogP contribution in [-0.2, 0) is 10.0 Å². The Morgan fingerprint density at radius 3 is 2.48 bits per heavy atom. The molecule has 0 aromatic heterocycles. The number of thioether (sulfide) groups is 1. The van der Waals surface area contributed by atoms with E-state index in [-0.39, 0.29) is 22.2 Å². The van der Waals surface area contributed by atoms with Crippen molar-refractivity contribution in [2.45, 2.75) is 10.9 Å². The Hall–Kier alpha value is -2.63. The Morgan fingerprint density at radius 2 is 1.79 bits per heavy atom. The van der Waals surface area contributed by atoms with Crippen LogP contribution in [0.25, 0.3) is 0 Å². The van der Waals surface area contributed by atoms with Gasteiger partial charge in [-0.3, -0.25) is 14.5 Å². The molecule has 11 heteroatoms. The van der Waals surface area contributed by atoms with Crippen molar-refractivity contribution in [1.29, 1.82) is 0 Å². The SMILES string of the molecule is [B]c1ccc(C2CSC(NC(=O)c3ccc(F)cc3NS(=O)(=O)c3ccc(Br)cc3)=N2)cc1. The van der Waals surface area contributed by atoms with Crippen molar-refractivity contribution in [3.05, 3.63) is 88.1 Å². The molecule has 0 spiro atoms. The summed E-state index contributed by atoms with van der Waals surface area (Å²) in [4.78, 5) is 17.4. The number of aliphatic imine (C=N–C) groups is 1. The summed E-state index contributed by atoms with van der Waals surface area (Å²) >= 11 is 4.61. The van der Waals surface area contributed by atoms with E-state index in [1.807, 2.05) is 12.1 Å². The summed E-state index contributed by atoms with van der Waals surface area (Å²) in [7, 11) is 1.68. The largest absolute Gasteiger partial charge is 0.301 e. The molecular formula is C22H16BBrFN3O3S2. The topological polar surface area (TPSA) is 87.6 Å². The Morgan fingerprint density at radius 1 is 1.09 bits per heavy atom. The van der Waals surface area contributed by atoms with Crippen LogP contribution in [0.1, 0.15) is 22.0 Å². The average Bonchev–Trinajstić information content (AvgIpc) is 3.22. The number of rotatable bonds is 5. The van der Waals surface area contributed by atoms with E-state index >= 15 is 0 Å². The predicted molar refractivity (Wildman–Crippen MR) is 133 cm³/mol. The monoisotopic (exact) mass is 543 g/mol. The minimum Gasteiger partial charge on any atom is -0.301 e. The van der Waals surface area contributed by atoms with E-state index in [0.717, 1.165) is 17.7 Å². The van der Waals surface area contributed by atoms with E-state index in [1.165, 1.54) is 30.0 Å². The fraction of sp³-hybridized carbons (Fsp3) is 0.0909. The van der Waals surface area contributed by atoms with Gasteiger partial charge in [-0.2, -0.15) is 0 Å². The van der Waals surface area contributed by atoms with E-state index < -0.39 is 21.7 Å². The van der Waals surface area contributed by atoms with Crippen molar-refractivity contribution in [1.82, 2.24) is 5.32 Å². The predicted octanol–water partition coefficient (Wildman–Crippen LogP) is 3.76. The molecule has 0 fully saturated rings. The normalized spacial score (nSPS) is 15.7. The number of hydrogen-bond donors (Lipinski definition) is 2. The van der Waals surface area contributed by atoms with Crippen molar-refractivity contribution in [2.75, 3.05) is 10.5 Å². The van der Waals surface area contributed by atoms with E-state index in [4.69, 9.17) is 7.85 Å². The highest BCUT2D eigenvalue weighted by atomic mass is 79.9. The smallest absolute Gasteiger partial charge is 0.261 e. The number of nitrogens with zero attached hydrogens (tertiary/aromatic N) is 1. The Labute approximate surface area is 204 Å². The van der Waals surface area contributed by atoms with Gasteiger partial charge in [0, 0.05) is 10.2 Å². The lowest BCUT2D eigenvalue weighted by atomic mass is 9.94. The van der Waals surface area contributed by atoms with Crippen molar-refractivity contribution < 1.29 is 17.6 Å². The summed E-state index contributed by atoms with van der Waals surface area (Å²) in [5.74, 6) is -0.657. The summed E-state index contributed by atoms with van der Waals surface area (Å²) in [6.07, 6.45) is 0. The molecule has 1 atom stereocenters. The number of benzene rings is 3. The minimum absolute atomic E-state index is 0.0246. The highest BCUT2D eigenvalue weighted by Crippen LogP contribution is 2.30. The van der Waals surface area contributed by atoms with E-state index in [0.29, 0.717) is 20.9 Å². The number of nitrogens with one attached hydrogen (secondary N) is 2. The molecule has 0 bridgehead atoms. The van der Waals surface area contributed by atoms with Gasteiger partial charge in [-0.1, -0.05) is 57.4 Å². The highest BCUT2D eigenvalue weighted by molar-refractivity contribution is 9.10. The fourth-order valence-corrected chi connectivity index (χ4v) is 5.40. The van der Waals surface area contributed by atoms with Gasteiger partial charge >= 0.3 is 0 Å². The maximum absolute atomic E-state index is 13.9. The van der Waals surface area contributed by atoms with Crippen LogP contribution < -0.4 is 15.5 Å². The zero-order valence-electron chi connectivity index (χ0n) is 17.0. The minimum atomic E-state index is -4.04. The molecule has 0 aliphatic carbocycles. The molecule has 33 heavy (non-hydrogen) atoms. The Kier molecular flexibility index (Phi) is 6.92. The maximum atomic E-state index is 13.9. The van der Waals surface area contributed by atoms with Gasteiger partial charge in [0.1, 0.15) is 13.7 Å². The molecule has 1 amide bonds. The molecule has 2 radical (unpaired) electrons. The third-order valence-electron chi connectivity index (χ3n) is 4.79. The summed E-state index contributed by atoms with van der Waals surface area (Å²) in [6.45, 7) is 0. The summed E-state index contributed by atoms with van der Waals surface area (Å²) in [6, 6.07) is 16.4. The summed E-state index contributed by atoms with van der Waals surface area (Å²) < 4.78 is 42.4. The van der Waals surface area contributed by atoms with Crippen LogP contribution >= 0.6 is 27.7 Å². The zero-order chi connectivity index (χ0) is 23.6. The third-order valence-corrected chi connectivity index (χ3v) is 7.66. The first kappa shape index (κ1) is 23.5. The first-order chi connectivity index (χ1) is 15.7. The molecule has 1 aliphatic rings. The van der Waals surface area contributed by atoms with Crippen LogP contribution in [-0.4, -0.2) is 33.1 Å². The van der Waals surface area contributed by atoms with Crippen LogP contribution in [0.2, 0.25) is 0 Å². The second-order valence-electron chi connectivity index (χ2n) is 7.13. The quantitative estimate of drug-likeness (QED) is 0.480. The van der Waals surface area contributed by atoms with Gasteiger partial charge in [0.15, 0.2) is 5.17 Å². The molecule has 3 aromatic carbocycles. The molecule has 0 saturated heterocycles. The third kappa shape index (κ3) is 5.66. The lowest BCUT2D eigenvalue weighted by Crippen LogP contribution is -2.28. The lowest BCUT2D eigenvalue weighted by molar-refractivity contribution is 0.0978. The van der Waals surface area contributed by atoms with Crippen molar-refractivity contribution >= 4 is 67.8 Å². The number of carbonyl (C=O) groups excluding carboxylic acids is 1. The van der Waals surface area contributed by atoms with Crippen LogP contribution in [0.15, 0.2) is 81.1 Å². The Bertz CT molecular complexity index is 1330. The van der Waals surface area contributed by atoms with Crippen molar-refractivity contribution in [2.24, 2.45) is 4.99 Å². The number of carbonyl (C=O) groups is 1. The second-order valence-corrected chi connectivity index (χ2v) is 10.7. The zero-order valence-corrected chi connectivity index (χ0v) is 20.2. The number of halogens is 2. The number of sulfonamides is 1. The molecule has 2 N–H and O–H groups in total. The number of hydrogen-bond acceptors (Lipinski definition) is 5. The van der Waals surface area contributed by atoms with Gasteiger partial charge in [-0.05, 0) is 48.0 Å². The van der Waals surface area contributed by atoms with Crippen molar-refractivity contribution in [3.63, 3.8) is 0 Å². The van der Waals surface area contributed by atoms with Crippen LogP contribution in [0, 0.1) is 5.82 Å². The van der Waals surface area contributed by atoms with Crippen molar-refractivity contribution in [3.8, 4) is 0 Å². The first-order valence-corrected chi connectivity index (χ1v) is 12.9. The van der Waals surface area contributed by atoms with E-state index in [1.54, 1.807) is 24.3 Å². The molecule has 1 heterocycles. The van der Waals surface area contributed by atoms with Gasteiger partial charge in [0.25, 0.3) is 15.9 Å². The standard InChI is InChI=1S/C22H16BBrFN3O3S2/c23-14-3-1-13(2-4-14)20-12-32-22(26-20)27-21(29)18-10-7-16(25)11-19(18)28-33(30,31)17-8-5-15(24)6-9-17/h1-11,20,28H,12H2,(H,26,27,29).